The lowest BCUT2D eigenvalue weighted by Crippen LogP contribution is -2.51. The lowest BCUT2D eigenvalue weighted by atomic mass is 9.91. The van der Waals surface area contributed by atoms with Gasteiger partial charge in [0.2, 0.25) is 5.91 Å². The Kier molecular flexibility index (Phi) is 8.60. The van der Waals surface area contributed by atoms with Gasteiger partial charge in [0.1, 0.15) is 17.2 Å². The number of carbonyl (C=O) groups excluding carboxylic acids is 2. The third-order valence-corrected chi connectivity index (χ3v) is 4.13. The molecule has 1 aromatic rings. The molecule has 26 heavy (non-hydrogen) atoms. The van der Waals surface area contributed by atoms with E-state index in [1.165, 1.54) is 0 Å². The molecule has 0 spiro atoms. The summed E-state index contributed by atoms with van der Waals surface area (Å²) in [7, 11) is 1.95. The van der Waals surface area contributed by atoms with E-state index in [0.29, 0.717) is 12.8 Å². The Labute approximate surface area is 152 Å². The molecule has 0 bridgehead atoms. The van der Waals surface area contributed by atoms with Crippen molar-refractivity contribution in [2.75, 3.05) is 33.2 Å². The Morgan fingerprint density at radius 2 is 1.69 bits per heavy atom. The highest BCUT2D eigenvalue weighted by atomic mass is 19.1. The zero-order valence-corrected chi connectivity index (χ0v) is 15.4. The van der Waals surface area contributed by atoms with Crippen LogP contribution in [-0.2, 0) is 4.79 Å². The van der Waals surface area contributed by atoms with Gasteiger partial charge < -0.3 is 20.6 Å². The van der Waals surface area contributed by atoms with E-state index >= 15 is 0 Å². The zero-order valence-electron chi connectivity index (χ0n) is 15.4. The monoisotopic (exact) mass is 371 g/mol. The van der Waals surface area contributed by atoms with Crippen LogP contribution in [0.2, 0.25) is 0 Å². The molecule has 2 amide bonds. The zero-order chi connectivity index (χ0) is 19.7. The van der Waals surface area contributed by atoms with Gasteiger partial charge in [0.05, 0.1) is 12.1 Å². The van der Waals surface area contributed by atoms with E-state index in [2.05, 4.69) is 15.5 Å². The van der Waals surface area contributed by atoms with E-state index in [-0.39, 0.29) is 6.54 Å². The summed E-state index contributed by atoms with van der Waals surface area (Å²) < 4.78 is 26.9. The van der Waals surface area contributed by atoms with Gasteiger partial charge in [-0.15, -0.1) is 0 Å². The molecule has 2 rings (SSSR count). The number of hydrogen-bond acceptors (Lipinski definition) is 4. The fraction of sp³-hybridized carbons (Fsp3) is 0.556. The van der Waals surface area contributed by atoms with Crippen LogP contribution in [0.1, 0.15) is 37.0 Å². The lowest BCUT2D eigenvalue weighted by molar-refractivity contribution is -0.122. The van der Waals surface area contributed by atoms with Gasteiger partial charge in [-0.2, -0.15) is 0 Å². The smallest absolute Gasteiger partial charge is 0.257 e. The first-order chi connectivity index (χ1) is 12.3. The average Bonchev–Trinajstić information content (AvgIpc) is 2.63. The summed E-state index contributed by atoms with van der Waals surface area (Å²) >= 11 is 0. The quantitative estimate of drug-likeness (QED) is 0.729. The molecule has 1 aliphatic heterocycles. The number of carbonyl (C=O) groups is 2. The summed E-state index contributed by atoms with van der Waals surface area (Å²) in [6.45, 7) is 5.11. The van der Waals surface area contributed by atoms with Crippen LogP contribution in [0.4, 0.5) is 8.78 Å². The number of nitrogens with one attached hydrogen (secondary N) is 2. The number of hydrogen-bond donors (Lipinski definition) is 3. The summed E-state index contributed by atoms with van der Waals surface area (Å²) in [6.07, 6.45) is 1.08. The number of amides is 2. The van der Waals surface area contributed by atoms with E-state index in [0.717, 1.165) is 31.3 Å². The van der Waals surface area contributed by atoms with Crippen LogP contribution in [0.25, 0.3) is 0 Å². The van der Waals surface area contributed by atoms with Crippen LogP contribution in [0.15, 0.2) is 18.2 Å². The van der Waals surface area contributed by atoms with Crippen molar-refractivity contribution in [3.05, 3.63) is 35.4 Å². The van der Waals surface area contributed by atoms with Gasteiger partial charge in [0.25, 0.3) is 5.91 Å². The maximum Gasteiger partial charge on any atom is 0.257 e. The third-order valence-electron chi connectivity index (χ3n) is 4.13. The second-order valence-electron chi connectivity index (χ2n) is 6.08. The largest absolute Gasteiger partial charge is 0.388 e. The van der Waals surface area contributed by atoms with Gasteiger partial charge in [-0.1, -0.05) is 19.9 Å². The minimum atomic E-state index is -1.00. The molecule has 146 valence electrons. The molecule has 8 heteroatoms. The second kappa shape index (κ2) is 10.2. The Hall–Kier alpha value is -2.06. The SMILES string of the molecule is CC.CN1CCC(O)(CNC(=O)CNC(=O)c2c(F)cccc2F)CC1. The van der Waals surface area contributed by atoms with E-state index in [1.807, 2.05) is 20.9 Å². The summed E-state index contributed by atoms with van der Waals surface area (Å²) in [5.74, 6) is -3.52. The Balaban J connectivity index is 0.00000163. The molecule has 0 atom stereocenters. The molecule has 1 aromatic carbocycles. The molecule has 1 fully saturated rings. The van der Waals surface area contributed by atoms with Gasteiger partial charge in [0, 0.05) is 19.6 Å². The van der Waals surface area contributed by atoms with Gasteiger partial charge in [-0.3, -0.25) is 9.59 Å². The normalized spacial score (nSPS) is 16.2. The maximum absolute atomic E-state index is 13.5. The minimum Gasteiger partial charge on any atom is -0.388 e. The molecule has 3 N–H and O–H groups in total. The van der Waals surface area contributed by atoms with Crippen LogP contribution in [-0.4, -0.2) is 60.6 Å². The molecular formula is C18H27F2N3O3. The molecule has 0 aliphatic carbocycles. The van der Waals surface area contributed by atoms with Crippen LogP contribution in [0, 0.1) is 11.6 Å². The first-order valence-corrected chi connectivity index (χ1v) is 8.70. The number of nitrogens with zero attached hydrogens (tertiary/aromatic N) is 1. The van der Waals surface area contributed by atoms with Crippen molar-refractivity contribution >= 4 is 11.8 Å². The molecule has 0 radical (unpaired) electrons. The lowest BCUT2D eigenvalue weighted by Gasteiger charge is -2.36. The van der Waals surface area contributed by atoms with Gasteiger partial charge in [-0.25, -0.2) is 8.78 Å². The van der Waals surface area contributed by atoms with Crippen LogP contribution < -0.4 is 10.6 Å². The number of halogens is 2. The molecule has 0 aromatic heterocycles. The van der Waals surface area contributed by atoms with Crippen molar-refractivity contribution in [3.8, 4) is 0 Å². The highest BCUT2D eigenvalue weighted by Crippen LogP contribution is 2.20. The van der Waals surface area contributed by atoms with E-state index < -0.39 is 41.2 Å². The van der Waals surface area contributed by atoms with Crippen molar-refractivity contribution in [1.29, 1.82) is 0 Å². The molecule has 1 heterocycles. The number of rotatable bonds is 5. The molecular weight excluding hydrogens is 344 g/mol. The number of aliphatic hydroxyl groups is 1. The van der Waals surface area contributed by atoms with Crippen LogP contribution in [0.5, 0.6) is 0 Å². The van der Waals surface area contributed by atoms with Crippen molar-refractivity contribution in [2.24, 2.45) is 0 Å². The number of likely N-dealkylation sites (tertiary alicyclic amines) is 1. The van der Waals surface area contributed by atoms with Gasteiger partial charge in [-0.05, 0) is 32.0 Å². The number of benzene rings is 1. The number of piperidine rings is 1. The fourth-order valence-electron chi connectivity index (χ4n) is 2.50. The highest BCUT2D eigenvalue weighted by Gasteiger charge is 2.31. The maximum atomic E-state index is 13.5. The Morgan fingerprint density at radius 1 is 1.15 bits per heavy atom. The van der Waals surface area contributed by atoms with Crippen molar-refractivity contribution in [2.45, 2.75) is 32.3 Å². The third kappa shape index (κ3) is 6.34. The van der Waals surface area contributed by atoms with Crippen LogP contribution >= 0.6 is 0 Å². The molecule has 1 saturated heterocycles. The van der Waals surface area contributed by atoms with Gasteiger partial charge in [0.15, 0.2) is 0 Å². The van der Waals surface area contributed by atoms with Crippen molar-refractivity contribution < 1.29 is 23.5 Å². The predicted molar refractivity (Wildman–Crippen MR) is 94.7 cm³/mol. The summed E-state index contributed by atoms with van der Waals surface area (Å²) in [4.78, 5) is 25.6. The van der Waals surface area contributed by atoms with E-state index in [4.69, 9.17) is 0 Å². The van der Waals surface area contributed by atoms with E-state index in [9.17, 15) is 23.5 Å². The molecule has 0 unspecified atom stereocenters. The molecule has 0 saturated carbocycles. The van der Waals surface area contributed by atoms with Gasteiger partial charge >= 0.3 is 0 Å². The molecule has 6 nitrogen and oxygen atoms in total. The van der Waals surface area contributed by atoms with Crippen molar-refractivity contribution in [1.82, 2.24) is 15.5 Å². The fourth-order valence-corrected chi connectivity index (χ4v) is 2.50. The predicted octanol–water partition coefficient (Wildman–Crippen LogP) is 1.29. The molecule has 1 aliphatic rings. The summed E-state index contributed by atoms with van der Waals surface area (Å²) in [5, 5.41) is 15.0. The minimum absolute atomic E-state index is 0.0730. The summed E-state index contributed by atoms with van der Waals surface area (Å²) in [5.41, 5.74) is -1.69. The standard InChI is InChI=1S/C16H21F2N3O3.C2H6/c1-21-7-5-16(24,6-8-21)10-20-13(22)9-19-15(23)14-11(17)3-2-4-12(14)18;1-2/h2-4,24H,5-10H2,1H3,(H,19,23)(H,20,22);1-2H3. The first-order valence-electron chi connectivity index (χ1n) is 8.70. The Morgan fingerprint density at radius 3 is 2.23 bits per heavy atom. The topological polar surface area (TPSA) is 81.7 Å². The van der Waals surface area contributed by atoms with E-state index in [1.54, 1.807) is 0 Å². The first kappa shape index (κ1) is 22.0. The summed E-state index contributed by atoms with van der Waals surface area (Å²) in [6, 6.07) is 3.08. The average molecular weight is 371 g/mol. The van der Waals surface area contributed by atoms with Crippen LogP contribution in [0.3, 0.4) is 0 Å². The Bertz CT molecular complexity index is 597. The highest BCUT2D eigenvalue weighted by molar-refractivity contribution is 5.96. The second-order valence-corrected chi connectivity index (χ2v) is 6.08. The van der Waals surface area contributed by atoms with Crippen molar-refractivity contribution in [3.63, 3.8) is 0 Å².